The van der Waals surface area contributed by atoms with E-state index in [0.717, 1.165) is 12.1 Å². The smallest absolute Gasteiger partial charge is 0.326 e. The molecule has 1 unspecified atom stereocenters. The van der Waals surface area contributed by atoms with Crippen LogP contribution in [0.3, 0.4) is 0 Å². The van der Waals surface area contributed by atoms with Crippen molar-refractivity contribution in [1.29, 1.82) is 0 Å². The molecule has 1 rings (SSSR count). The molecule has 0 heterocycles. The van der Waals surface area contributed by atoms with Crippen molar-refractivity contribution in [3.63, 3.8) is 0 Å². The summed E-state index contributed by atoms with van der Waals surface area (Å²) >= 11 is 0. The molecule has 4 N–H and O–H groups in total. The van der Waals surface area contributed by atoms with E-state index >= 15 is 0 Å². The number of nitrogens with two attached hydrogens (primary N) is 1. The van der Waals surface area contributed by atoms with Crippen LogP contribution >= 0.6 is 0 Å². The topological polar surface area (TPSA) is 92.4 Å². The lowest BCUT2D eigenvalue weighted by molar-refractivity contribution is -0.137. The summed E-state index contributed by atoms with van der Waals surface area (Å²) in [6.07, 6.45) is 1.59. The van der Waals surface area contributed by atoms with Crippen molar-refractivity contribution >= 4 is 17.6 Å². The minimum atomic E-state index is -1.10. The largest absolute Gasteiger partial charge is 0.480 e. The Balaban J connectivity index is 3.05. The van der Waals surface area contributed by atoms with Gasteiger partial charge < -0.3 is 16.2 Å². The van der Waals surface area contributed by atoms with Crippen LogP contribution in [-0.2, 0) is 4.79 Å². The van der Waals surface area contributed by atoms with E-state index in [4.69, 9.17) is 10.8 Å². The fourth-order valence-electron chi connectivity index (χ4n) is 1.42. The summed E-state index contributed by atoms with van der Waals surface area (Å²) in [6, 6.07) is 2.39. The molecule has 0 saturated heterocycles. The molecule has 0 fully saturated rings. The van der Waals surface area contributed by atoms with E-state index in [9.17, 15) is 14.0 Å². The van der Waals surface area contributed by atoms with Crippen molar-refractivity contribution < 1.29 is 19.1 Å². The highest BCUT2D eigenvalue weighted by atomic mass is 19.1. The summed E-state index contributed by atoms with van der Waals surface area (Å²) in [5, 5.41) is 11.6. The molecule has 1 aromatic carbocycles. The van der Waals surface area contributed by atoms with Crippen LogP contribution in [0.5, 0.6) is 0 Å². The number of primary amides is 1. The molecule has 0 saturated carbocycles. The number of carbonyl (C=O) groups excluding carboxylic acids is 1. The first-order valence-electron chi connectivity index (χ1n) is 5.15. The normalized spacial score (nSPS) is 11.6. The zero-order chi connectivity index (χ0) is 13.7. The molecule has 1 amide bonds. The van der Waals surface area contributed by atoms with Gasteiger partial charge in [-0.1, -0.05) is 6.08 Å². The SMILES string of the molecule is C=CCC(Nc1ccc(F)cc1C(N)=O)C(=O)O. The molecule has 0 bridgehead atoms. The maximum atomic E-state index is 13.0. The summed E-state index contributed by atoms with van der Waals surface area (Å²) in [7, 11) is 0. The van der Waals surface area contributed by atoms with Crippen LogP contribution in [0.4, 0.5) is 10.1 Å². The first kappa shape index (κ1) is 13.7. The lowest BCUT2D eigenvalue weighted by Gasteiger charge is -2.16. The first-order valence-corrected chi connectivity index (χ1v) is 5.15. The van der Waals surface area contributed by atoms with Crippen LogP contribution in [0, 0.1) is 5.82 Å². The second kappa shape index (κ2) is 5.81. The standard InChI is InChI=1S/C12H13FN2O3/c1-2-3-10(12(17)18)15-9-5-4-7(13)6-8(9)11(14)16/h2,4-6,10,15H,1,3H2,(H2,14,16)(H,17,18). The van der Waals surface area contributed by atoms with E-state index in [2.05, 4.69) is 11.9 Å². The van der Waals surface area contributed by atoms with E-state index in [1.165, 1.54) is 12.1 Å². The molecule has 0 aromatic heterocycles. The van der Waals surface area contributed by atoms with Crippen molar-refractivity contribution in [3.05, 3.63) is 42.2 Å². The van der Waals surface area contributed by atoms with Gasteiger partial charge in [-0.3, -0.25) is 4.79 Å². The Kier molecular flexibility index (Phi) is 4.42. The molecule has 6 heteroatoms. The van der Waals surface area contributed by atoms with E-state index < -0.39 is 23.7 Å². The van der Waals surface area contributed by atoms with Crippen LogP contribution in [0.1, 0.15) is 16.8 Å². The van der Waals surface area contributed by atoms with Crippen molar-refractivity contribution in [2.45, 2.75) is 12.5 Å². The van der Waals surface area contributed by atoms with Crippen molar-refractivity contribution in [2.24, 2.45) is 5.73 Å². The highest BCUT2D eigenvalue weighted by Gasteiger charge is 2.18. The van der Waals surface area contributed by atoms with Gasteiger partial charge in [0.2, 0.25) is 0 Å². The number of halogens is 1. The molecule has 0 aliphatic carbocycles. The molecular formula is C12H13FN2O3. The van der Waals surface area contributed by atoms with E-state index in [0.29, 0.717) is 0 Å². The molecule has 0 aliphatic heterocycles. The fraction of sp³-hybridized carbons (Fsp3) is 0.167. The molecule has 0 aliphatic rings. The van der Waals surface area contributed by atoms with Gasteiger partial charge in [0.15, 0.2) is 0 Å². The predicted octanol–water partition coefficient (Wildman–Crippen LogP) is 1.37. The molecule has 96 valence electrons. The summed E-state index contributed by atoms with van der Waals surface area (Å²) < 4.78 is 13.0. The van der Waals surface area contributed by atoms with Crippen molar-refractivity contribution in [1.82, 2.24) is 0 Å². The lowest BCUT2D eigenvalue weighted by atomic mass is 10.1. The van der Waals surface area contributed by atoms with Gasteiger partial charge in [0.25, 0.3) is 5.91 Å². The number of carbonyl (C=O) groups is 2. The molecule has 1 atom stereocenters. The van der Waals surface area contributed by atoms with Gasteiger partial charge in [0.1, 0.15) is 11.9 Å². The van der Waals surface area contributed by atoms with Crippen molar-refractivity contribution in [3.8, 4) is 0 Å². The summed E-state index contributed by atoms with van der Waals surface area (Å²) in [4.78, 5) is 22.1. The quantitative estimate of drug-likeness (QED) is 0.666. The minimum Gasteiger partial charge on any atom is -0.480 e. The predicted molar refractivity (Wildman–Crippen MR) is 64.8 cm³/mol. The zero-order valence-electron chi connectivity index (χ0n) is 9.52. The van der Waals surface area contributed by atoms with Gasteiger partial charge >= 0.3 is 5.97 Å². The number of amides is 1. The summed E-state index contributed by atoms with van der Waals surface area (Å²) in [5.41, 5.74) is 5.18. The van der Waals surface area contributed by atoms with E-state index in [-0.39, 0.29) is 17.7 Å². The number of anilines is 1. The maximum Gasteiger partial charge on any atom is 0.326 e. The molecule has 5 nitrogen and oxygen atoms in total. The number of benzene rings is 1. The fourth-order valence-corrected chi connectivity index (χ4v) is 1.42. The Morgan fingerprint density at radius 1 is 1.56 bits per heavy atom. The van der Waals surface area contributed by atoms with Gasteiger partial charge in [0, 0.05) is 5.69 Å². The Hall–Kier alpha value is -2.37. The van der Waals surface area contributed by atoms with Crippen LogP contribution in [-0.4, -0.2) is 23.0 Å². The van der Waals surface area contributed by atoms with E-state index in [1.807, 2.05) is 0 Å². The molecule has 0 spiro atoms. The van der Waals surface area contributed by atoms with Crippen molar-refractivity contribution in [2.75, 3.05) is 5.32 Å². The zero-order valence-corrected chi connectivity index (χ0v) is 9.52. The molecule has 0 radical (unpaired) electrons. The number of hydrogen-bond acceptors (Lipinski definition) is 3. The number of aliphatic carboxylic acids is 1. The molecule has 1 aromatic rings. The Labute approximate surface area is 103 Å². The highest BCUT2D eigenvalue weighted by Crippen LogP contribution is 2.18. The molecule has 18 heavy (non-hydrogen) atoms. The van der Waals surface area contributed by atoms with Gasteiger partial charge in [-0.2, -0.15) is 0 Å². The third kappa shape index (κ3) is 3.31. The number of carboxylic acids is 1. The maximum absolute atomic E-state index is 13.0. The van der Waals surface area contributed by atoms with Gasteiger partial charge in [-0.25, -0.2) is 9.18 Å². The number of carboxylic acid groups (broad SMARTS) is 1. The van der Waals surface area contributed by atoms with Crippen LogP contribution < -0.4 is 11.1 Å². The lowest BCUT2D eigenvalue weighted by Crippen LogP contribution is -2.30. The van der Waals surface area contributed by atoms with Crippen LogP contribution in [0.2, 0.25) is 0 Å². The monoisotopic (exact) mass is 252 g/mol. The molecular weight excluding hydrogens is 239 g/mol. The van der Waals surface area contributed by atoms with Gasteiger partial charge in [0.05, 0.1) is 5.56 Å². The summed E-state index contributed by atoms with van der Waals surface area (Å²) in [6.45, 7) is 3.44. The van der Waals surface area contributed by atoms with Crippen LogP contribution in [0.25, 0.3) is 0 Å². The number of rotatable bonds is 6. The third-order valence-corrected chi connectivity index (χ3v) is 2.28. The average Bonchev–Trinajstić information content (AvgIpc) is 2.30. The Bertz CT molecular complexity index is 488. The van der Waals surface area contributed by atoms with Gasteiger partial charge in [-0.05, 0) is 24.6 Å². The third-order valence-electron chi connectivity index (χ3n) is 2.28. The Morgan fingerprint density at radius 3 is 2.72 bits per heavy atom. The number of hydrogen-bond donors (Lipinski definition) is 3. The first-order chi connectivity index (χ1) is 8.45. The average molecular weight is 252 g/mol. The second-order valence-corrected chi connectivity index (χ2v) is 3.61. The minimum absolute atomic E-state index is 0.0923. The summed E-state index contributed by atoms with van der Waals surface area (Å²) in [5.74, 6) is -2.56. The number of nitrogens with one attached hydrogen (secondary N) is 1. The highest BCUT2D eigenvalue weighted by molar-refractivity contribution is 5.99. The Morgan fingerprint density at radius 2 is 2.22 bits per heavy atom. The van der Waals surface area contributed by atoms with Crippen LogP contribution in [0.15, 0.2) is 30.9 Å². The van der Waals surface area contributed by atoms with Gasteiger partial charge in [-0.15, -0.1) is 6.58 Å². The van der Waals surface area contributed by atoms with E-state index in [1.54, 1.807) is 0 Å². The second-order valence-electron chi connectivity index (χ2n) is 3.61.